The molecule has 82 valence electrons. The lowest BCUT2D eigenvalue weighted by atomic mass is 10.2. The Balaban J connectivity index is 2.88. The van der Waals surface area contributed by atoms with E-state index in [9.17, 15) is 8.42 Å². The van der Waals surface area contributed by atoms with Gasteiger partial charge in [-0.1, -0.05) is 6.42 Å². The first-order valence-electron chi connectivity index (χ1n) is 4.84. The fraction of sp³-hybridized carbons (Fsp3) is 0.875. The van der Waals surface area contributed by atoms with Crippen molar-refractivity contribution in [2.45, 2.75) is 31.4 Å². The molecular formula is C8H17N3O2S. The molecule has 0 aromatic heterocycles. The summed E-state index contributed by atoms with van der Waals surface area (Å²) in [6, 6.07) is 0. The van der Waals surface area contributed by atoms with E-state index in [1.807, 2.05) is 6.92 Å². The van der Waals surface area contributed by atoms with Crippen molar-refractivity contribution in [1.82, 2.24) is 5.43 Å². The second kappa shape index (κ2) is 4.75. The maximum Gasteiger partial charge on any atom is 0.160 e. The molecule has 1 atom stereocenters. The van der Waals surface area contributed by atoms with Crippen LogP contribution in [-0.4, -0.2) is 31.8 Å². The minimum atomic E-state index is -3.03. The monoisotopic (exact) mass is 219 g/mol. The van der Waals surface area contributed by atoms with E-state index in [1.54, 1.807) is 0 Å². The van der Waals surface area contributed by atoms with Crippen molar-refractivity contribution in [1.29, 1.82) is 0 Å². The van der Waals surface area contributed by atoms with Gasteiger partial charge in [-0.05, 0) is 19.8 Å². The van der Waals surface area contributed by atoms with Crippen LogP contribution >= 0.6 is 0 Å². The normalized spacial score (nSPS) is 27.3. The van der Waals surface area contributed by atoms with E-state index in [-0.39, 0.29) is 5.75 Å². The first kappa shape index (κ1) is 11.5. The van der Waals surface area contributed by atoms with E-state index in [4.69, 9.17) is 5.84 Å². The Labute approximate surface area is 84.7 Å². The molecule has 6 heteroatoms. The average Bonchev–Trinajstić information content (AvgIpc) is 2.14. The van der Waals surface area contributed by atoms with Gasteiger partial charge in [-0.25, -0.2) is 14.3 Å². The smallest absolute Gasteiger partial charge is 0.160 e. The van der Waals surface area contributed by atoms with Gasteiger partial charge in [-0.2, -0.15) is 0 Å². The number of rotatable bonds is 2. The fourth-order valence-electron chi connectivity index (χ4n) is 1.67. The number of nitrogens with two attached hydrogens (primary N) is 1. The summed E-state index contributed by atoms with van der Waals surface area (Å²) in [7, 11) is -3.03. The van der Waals surface area contributed by atoms with Crippen molar-refractivity contribution in [3.8, 4) is 0 Å². The summed E-state index contributed by atoms with van der Waals surface area (Å²) >= 11 is 0. The highest BCUT2D eigenvalue weighted by Gasteiger charge is 2.32. The first-order chi connectivity index (χ1) is 6.61. The molecular weight excluding hydrogens is 202 g/mol. The van der Waals surface area contributed by atoms with Crippen LogP contribution in [0.4, 0.5) is 0 Å². The van der Waals surface area contributed by atoms with Gasteiger partial charge in [0.2, 0.25) is 0 Å². The van der Waals surface area contributed by atoms with Crippen LogP contribution in [0.1, 0.15) is 26.2 Å². The van der Waals surface area contributed by atoms with Gasteiger partial charge in [0, 0.05) is 6.54 Å². The number of nitrogens with zero attached hydrogens (tertiary/aromatic N) is 1. The van der Waals surface area contributed by atoms with E-state index in [2.05, 4.69) is 10.4 Å². The van der Waals surface area contributed by atoms with E-state index < -0.39 is 15.1 Å². The Hall–Kier alpha value is -0.620. The molecule has 1 rings (SSSR count). The molecule has 1 saturated heterocycles. The third kappa shape index (κ3) is 2.45. The van der Waals surface area contributed by atoms with E-state index in [1.165, 1.54) is 0 Å². The summed E-state index contributed by atoms with van der Waals surface area (Å²) in [5, 5.41) is -0.513. The Morgan fingerprint density at radius 1 is 1.57 bits per heavy atom. The van der Waals surface area contributed by atoms with Crippen LogP contribution in [0.15, 0.2) is 4.99 Å². The largest absolute Gasteiger partial charge is 0.311 e. The molecule has 3 N–H and O–H groups in total. The van der Waals surface area contributed by atoms with Crippen molar-refractivity contribution in [3.63, 3.8) is 0 Å². The minimum absolute atomic E-state index is 0.252. The average molecular weight is 219 g/mol. The van der Waals surface area contributed by atoms with Gasteiger partial charge in [-0.15, -0.1) is 0 Å². The SMILES string of the molecule is CCN=C(NN)C1CCCCS1(=O)=O. The summed E-state index contributed by atoms with van der Waals surface area (Å²) in [5.41, 5.74) is 2.40. The minimum Gasteiger partial charge on any atom is -0.311 e. The fourth-order valence-corrected chi connectivity index (χ4v) is 3.57. The zero-order valence-electron chi connectivity index (χ0n) is 8.36. The van der Waals surface area contributed by atoms with Crippen LogP contribution < -0.4 is 11.3 Å². The van der Waals surface area contributed by atoms with Crippen LogP contribution in [0.25, 0.3) is 0 Å². The number of hydrazine groups is 1. The quantitative estimate of drug-likeness (QED) is 0.292. The molecule has 0 aromatic carbocycles. The van der Waals surface area contributed by atoms with Crippen molar-refractivity contribution in [2.24, 2.45) is 10.8 Å². The standard InChI is InChI=1S/C8H17N3O2S/c1-2-10-8(11-9)7-5-3-4-6-14(7,12)13/h7H,2-6,9H2,1H3,(H,10,11). The predicted molar refractivity (Wildman–Crippen MR) is 56.7 cm³/mol. The Kier molecular flexibility index (Phi) is 3.88. The van der Waals surface area contributed by atoms with Crippen molar-refractivity contribution >= 4 is 15.7 Å². The second-order valence-corrected chi connectivity index (χ2v) is 5.66. The van der Waals surface area contributed by atoms with E-state index in [0.29, 0.717) is 18.8 Å². The lowest BCUT2D eigenvalue weighted by Gasteiger charge is -2.23. The summed E-state index contributed by atoms with van der Waals surface area (Å²) < 4.78 is 23.4. The number of hydrogen-bond donors (Lipinski definition) is 2. The number of nitrogens with one attached hydrogen (secondary N) is 1. The van der Waals surface area contributed by atoms with Crippen molar-refractivity contribution in [3.05, 3.63) is 0 Å². The van der Waals surface area contributed by atoms with Gasteiger partial charge in [0.25, 0.3) is 0 Å². The number of sulfone groups is 1. The highest BCUT2D eigenvalue weighted by Crippen LogP contribution is 2.19. The molecule has 0 saturated carbocycles. The molecule has 0 aromatic rings. The number of aliphatic imine (C=N–C) groups is 1. The third-order valence-electron chi connectivity index (χ3n) is 2.36. The van der Waals surface area contributed by atoms with E-state index >= 15 is 0 Å². The highest BCUT2D eigenvalue weighted by molar-refractivity contribution is 7.92. The molecule has 5 nitrogen and oxygen atoms in total. The Bertz CT molecular complexity index is 311. The molecule has 14 heavy (non-hydrogen) atoms. The summed E-state index contributed by atoms with van der Waals surface area (Å²) in [5.74, 6) is 5.93. The highest BCUT2D eigenvalue weighted by atomic mass is 32.2. The molecule has 0 spiro atoms. The van der Waals surface area contributed by atoms with Gasteiger partial charge in [0.1, 0.15) is 11.1 Å². The second-order valence-electron chi connectivity index (χ2n) is 3.36. The summed E-state index contributed by atoms with van der Waals surface area (Å²) in [6.07, 6.45) is 2.31. The maximum absolute atomic E-state index is 11.7. The van der Waals surface area contributed by atoms with Crippen LogP contribution in [-0.2, 0) is 9.84 Å². The lowest BCUT2D eigenvalue weighted by molar-refractivity contribution is 0.561. The summed E-state index contributed by atoms with van der Waals surface area (Å²) in [4.78, 5) is 4.06. The Morgan fingerprint density at radius 3 is 2.79 bits per heavy atom. The molecule has 0 radical (unpaired) electrons. The Morgan fingerprint density at radius 2 is 2.29 bits per heavy atom. The van der Waals surface area contributed by atoms with Gasteiger partial charge < -0.3 is 5.43 Å². The van der Waals surface area contributed by atoms with Gasteiger partial charge in [-0.3, -0.25) is 4.99 Å². The maximum atomic E-state index is 11.7. The lowest BCUT2D eigenvalue weighted by Crippen LogP contribution is -2.45. The van der Waals surface area contributed by atoms with Crippen LogP contribution in [0.2, 0.25) is 0 Å². The van der Waals surface area contributed by atoms with E-state index in [0.717, 1.165) is 12.8 Å². The van der Waals surface area contributed by atoms with Gasteiger partial charge in [0.15, 0.2) is 9.84 Å². The molecule has 1 aliphatic heterocycles. The van der Waals surface area contributed by atoms with Crippen LogP contribution in [0, 0.1) is 0 Å². The van der Waals surface area contributed by atoms with Crippen molar-refractivity contribution < 1.29 is 8.42 Å². The van der Waals surface area contributed by atoms with Gasteiger partial charge in [0.05, 0.1) is 5.75 Å². The predicted octanol–water partition coefficient (Wildman–Crippen LogP) is -0.165. The zero-order chi connectivity index (χ0) is 10.6. The number of amidine groups is 1. The zero-order valence-corrected chi connectivity index (χ0v) is 9.18. The summed E-state index contributed by atoms with van der Waals surface area (Å²) in [6.45, 7) is 2.40. The molecule has 1 heterocycles. The van der Waals surface area contributed by atoms with Crippen LogP contribution in [0.5, 0.6) is 0 Å². The number of hydrogen-bond acceptors (Lipinski definition) is 4. The first-order valence-corrected chi connectivity index (χ1v) is 6.56. The molecule has 1 aliphatic rings. The molecule has 0 amide bonds. The third-order valence-corrected chi connectivity index (χ3v) is 4.54. The molecule has 1 fully saturated rings. The van der Waals surface area contributed by atoms with Gasteiger partial charge >= 0.3 is 0 Å². The molecule has 0 aliphatic carbocycles. The molecule has 0 bridgehead atoms. The van der Waals surface area contributed by atoms with Crippen LogP contribution in [0.3, 0.4) is 0 Å². The topological polar surface area (TPSA) is 84.5 Å². The molecule has 1 unspecified atom stereocenters. The van der Waals surface area contributed by atoms with Crippen molar-refractivity contribution in [2.75, 3.05) is 12.3 Å².